The number of rotatable bonds is 5. The molecule has 0 bridgehead atoms. The first-order valence-corrected chi connectivity index (χ1v) is 11.2. The van der Waals surface area contributed by atoms with Crippen molar-refractivity contribution in [3.8, 4) is 0 Å². The second-order valence-electron chi connectivity index (χ2n) is 8.34. The average molecular weight is 502 g/mol. The number of H-pyrrole nitrogens is 1. The molecule has 1 aliphatic rings. The predicted molar refractivity (Wildman–Crippen MR) is 127 cm³/mol. The number of urea groups is 1. The molecular weight excluding hydrogens is 483 g/mol. The van der Waals surface area contributed by atoms with E-state index < -0.39 is 22.8 Å². The maximum absolute atomic E-state index is 13.0. The molecule has 2 heterocycles. The van der Waals surface area contributed by atoms with E-state index in [1.165, 1.54) is 6.07 Å². The van der Waals surface area contributed by atoms with Crippen LogP contribution in [0.1, 0.15) is 35.7 Å². The summed E-state index contributed by atoms with van der Waals surface area (Å²) in [6.07, 6.45) is -0.974. The summed E-state index contributed by atoms with van der Waals surface area (Å²) in [4.78, 5) is 32.1. The van der Waals surface area contributed by atoms with E-state index in [0.717, 1.165) is 36.4 Å². The van der Waals surface area contributed by atoms with Gasteiger partial charge in [0, 0.05) is 30.0 Å². The Morgan fingerprint density at radius 2 is 1.77 bits per heavy atom. The fourth-order valence-electron chi connectivity index (χ4n) is 3.91. The van der Waals surface area contributed by atoms with E-state index in [-0.39, 0.29) is 11.2 Å². The summed E-state index contributed by atoms with van der Waals surface area (Å²) < 4.78 is 41.0. The molecule has 0 unspecified atom stereocenters. The molecule has 2 aromatic carbocycles. The van der Waals surface area contributed by atoms with Crippen LogP contribution in [-0.4, -0.2) is 20.6 Å². The lowest BCUT2D eigenvalue weighted by Crippen LogP contribution is -2.20. The first kappa shape index (κ1) is 23.0. The lowest BCUT2D eigenvalue weighted by Gasteiger charge is -2.13. The molecule has 0 spiro atoms. The Morgan fingerprint density at radius 3 is 2.46 bits per heavy atom. The van der Waals surface area contributed by atoms with Gasteiger partial charge in [-0.2, -0.15) is 13.2 Å². The van der Waals surface area contributed by atoms with Crippen LogP contribution in [0.2, 0.25) is 5.02 Å². The van der Waals surface area contributed by atoms with Crippen LogP contribution in [0, 0.1) is 0 Å². The van der Waals surface area contributed by atoms with Gasteiger partial charge in [-0.25, -0.2) is 9.78 Å². The van der Waals surface area contributed by atoms with Crippen LogP contribution in [-0.2, 0) is 12.7 Å². The second kappa shape index (κ2) is 8.77. The molecule has 3 N–H and O–H groups in total. The van der Waals surface area contributed by atoms with Gasteiger partial charge >= 0.3 is 12.2 Å². The molecule has 1 aliphatic carbocycles. The van der Waals surface area contributed by atoms with Crippen molar-refractivity contribution in [2.24, 2.45) is 0 Å². The van der Waals surface area contributed by atoms with Crippen LogP contribution in [0.5, 0.6) is 0 Å². The molecule has 1 fully saturated rings. The monoisotopic (exact) mass is 501 g/mol. The van der Waals surface area contributed by atoms with Gasteiger partial charge in [0.2, 0.25) is 0 Å². The highest BCUT2D eigenvalue weighted by molar-refractivity contribution is 6.31. The van der Waals surface area contributed by atoms with Crippen molar-refractivity contribution in [2.45, 2.75) is 31.5 Å². The van der Waals surface area contributed by atoms with E-state index in [1.54, 1.807) is 36.5 Å². The minimum absolute atomic E-state index is 0.0411. The molecule has 4 aromatic rings. The standard InChI is InChI=1S/C24H19ClF3N5O2/c25-18-8-7-16(11-17(18)24(26,27)28)31-23(35)30-15-5-1-13(2-6-15)12-33-20-19(9-10-29-22(20)34)32-21(33)14-3-4-14/h1-2,5-11,14H,3-4,12H2,(H,29,34)(H2,30,31,35). The lowest BCUT2D eigenvalue weighted by atomic mass is 10.2. The van der Waals surface area contributed by atoms with Crippen molar-refractivity contribution in [3.05, 3.63) is 87.1 Å². The highest BCUT2D eigenvalue weighted by atomic mass is 35.5. The number of alkyl halides is 3. The van der Waals surface area contributed by atoms with Gasteiger partial charge in [-0.05, 0) is 54.8 Å². The topological polar surface area (TPSA) is 91.8 Å². The lowest BCUT2D eigenvalue weighted by molar-refractivity contribution is -0.137. The van der Waals surface area contributed by atoms with E-state index in [2.05, 4.69) is 20.6 Å². The molecule has 5 rings (SSSR count). The smallest absolute Gasteiger partial charge is 0.327 e. The van der Waals surface area contributed by atoms with Crippen LogP contribution in [0.15, 0.2) is 59.5 Å². The fraction of sp³-hybridized carbons (Fsp3) is 0.208. The van der Waals surface area contributed by atoms with E-state index in [0.29, 0.717) is 29.2 Å². The van der Waals surface area contributed by atoms with Gasteiger partial charge in [-0.1, -0.05) is 23.7 Å². The quantitative estimate of drug-likeness (QED) is 0.315. The zero-order chi connectivity index (χ0) is 24.7. The van der Waals surface area contributed by atoms with Crippen molar-refractivity contribution in [1.82, 2.24) is 14.5 Å². The van der Waals surface area contributed by atoms with Crippen LogP contribution >= 0.6 is 11.6 Å². The Labute approximate surface area is 201 Å². The number of pyridine rings is 1. The summed E-state index contributed by atoms with van der Waals surface area (Å²) in [6, 6.07) is 11.2. The minimum Gasteiger partial charge on any atom is -0.327 e. The number of carbonyl (C=O) groups excluding carboxylic acids is 1. The maximum atomic E-state index is 13.0. The minimum atomic E-state index is -4.63. The molecule has 2 aromatic heterocycles. The van der Waals surface area contributed by atoms with Crippen molar-refractivity contribution >= 4 is 40.0 Å². The van der Waals surface area contributed by atoms with Crippen molar-refractivity contribution in [3.63, 3.8) is 0 Å². The van der Waals surface area contributed by atoms with Crippen molar-refractivity contribution < 1.29 is 18.0 Å². The van der Waals surface area contributed by atoms with Gasteiger partial charge in [0.05, 0.1) is 16.1 Å². The van der Waals surface area contributed by atoms with Gasteiger partial charge in [-0.3, -0.25) is 4.79 Å². The fourth-order valence-corrected chi connectivity index (χ4v) is 4.14. The van der Waals surface area contributed by atoms with E-state index >= 15 is 0 Å². The van der Waals surface area contributed by atoms with Crippen LogP contribution in [0.25, 0.3) is 11.0 Å². The summed E-state index contributed by atoms with van der Waals surface area (Å²) in [5, 5.41) is 4.52. The number of halogens is 4. The summed E-state index contributed by atoms with van der Waals surface area (Å²) in [5.74, 6) is 1.23. The molecule has 0 atom stereocenters. The van der Waals surface area contributed by atoms with Crippen molar-refractivity contribution in [2.75, 3.05) is 10.6 Å². The van der Waals surface area contributed by atoms with E-state index in [4.69, 9.17) is 11.6 Å². The van der Waals surface area contributed by atoms with Gasteiger partial charge in [0.1, 0.15) is 11.3 Å². The molecule has 180 valence electrons. The molecule has 7 nitrogen and oxygen atoms in total. The summed E-state index contributed by atoms with van der Waals surface area (Å²) in [7, 11) is 0. The van der Waals surface area contributed by atoms with Crippen LogP contribution in [0.3, 0.4) is 0 Å². The molecule has 35 heavy (non-hydrogen) atoms. The van der Waals surface area contributed by atoms with Gasteiger partial charge in [0.15, 0.2) is 0 Å². The van der Waals surface area contributed by atoms with Crippen LogP contribution < -0.4 is 16.2 Å². The molecule has 1 saturated carbocycles. The third-order valence-corrected chi connectivity index (χ3v) is 6.05. The SMILES string of the molecule is O=C(Nc1ccc(Cn2c(C3CC3)nc3cc[nH]c(=O)c32)cc1)Nc1ccc(Cl)c(C(F)(F)F)c1. The van der Waals surface area contributed by atoms with Gasteiger partial charge in [0.25, 0.3) is 5.56 Å². The predicted octanol–water partition coefficient (Wildman–Crippen LogP) is 5.97. The zero-order valence-corrected chi connectivity index (χ0v) is 18.9. The third kappa shape index (κ3) is 4.88. The third-order valence-electron chi connectivity index (χ3n) is 5.72. The average Bonchev–Trinajstić information content (AvgIpc) is 3.58. The number of imidazole rings is 1. The molecule has 2 amide bonds. The number of hydrogen-bond acceptors (Lipinski definition) is 3. The van der Waals surface area contributed by atoms with Crippen LogP contribution in [0.4, 0.5) is 29.3 Å². The number of benzene rings is 2. The van der Waals surface area contributed by atoms with Gasteiger partial charge in [-0.15, -0.1) is 0 Å². The highest BCUT2D eigenvalue weighted by Crippen LogP contribution is 2.40. The highest BCUT2D eigenvalue weighted by Gasteiger charge is 2.33. The number of aromatic amines is 1. The molecule has 0 aliphatic heterocycles. The molecule has 11 heteroatoms. The Kier molecular flexibility index (Phi) is 5.76. The Bertz CT molecular complexity index is 1470. The number of fused-ring (bicyclic) bond motifs is 1. The Morgan fingerprint density at radius 1 is 1.09 bits per heavy atom. The second-order valence-corrected chi connectivity index (χ2v) is 8.75. The van der Waals surface area contributed by atoms with Gasteiger partial charge < -0.3 is 20.2 Å². The first-order valence-electron chi connectivity index (χ1n) is 10.8. The first-order chi connectivity index (χ1) is 16.7. The molecule has 0 radical (unpaired) electrons. The number of carbonyl (C=O) groups is 1. The number of amides is 2. The normalized spacial score (nSPS) is 13.7. The summed E-state index contributed by atoms with van der Waals surface area (Å²) in [6.45, 7) is 0.437. The largest absolute Gasteiger partial charge is 0.417 e. The number of nitrogens with zero attached hydrogens (tertiary/aromatic N) is 2. The summed E-state index contributed by atoms with van der Waals surface area (Å²) >= 11 is 5.61. The zero-order valence-electron chi connectivity index (χ0n) is 18.1. The molecular formula is C24H19ClF3N5O2. The van der Waals surface area contributed by atoms with E-state index in [1.807, 2.05) is 4.57 Å². The number of nitrogens with one attached hydrogen (secondary N) is 3. The maximum Gasteiger partial charge on any atom is 0.417 e. The number of hydrogen-bond donors (Lipinski definition) is 3. The number of aromatic nitrogens is 3. The summed E-state index contributed by atoms with van der Waals surface area (Å²) in [5.41, 5.74) is 1.25. The van der Waals surface area contributed by atoms with Crippen molar-refractivity contribution in [1.29, 1.82) is 0 Å². The number of anilines is 2. The Hall–Kier alpha value is -3.79. The van der Waals surface area contributed by atoms with E-state index in [9.17, 15) is 22.8 Å². The molecule has 0 saturated heterocycles. The Balaban J connectivity index is 1.30.